The topological polar surface area (TPSA) is 46.9 Å². The highest BCUT2D eigenvalue weighted by Crippen LogP contribution is 2.12. The van der Waals surface area contributed by atoms with E-state index in [-0.39, 0.29) is 5.91 Å². The highest BCUT2D eigenvalue weighted by molar-refractivity contribution is 5.91. The molecule has 2 aromatic rings. The van der Waals surface area contributed by atoms with E-state index in [1.807, 2.05) is 44.3 Å². The van der Waals surface area contributed by atoms with Crippen molar-refractivity contribution in [2.45, 2.75) is 19.8 Å². The van der Waals surface area contributed by atoms with Gasteiger partial charge in [-0.15, -0.1) is 0 Å². The third-order valence-electron chi connectivity index (χ3n) is 2.99. The van der Waals surface area contributed by atoms with Gasteiger partial charge in [-0.1, -0.05) is 30.3 Å². The second-order valence-electron chi connectivity index (χ2n) is 4.30. The van der Waals surface area contributed by atoms with Crippen LogP contribution in [0.25, 0.3) is 0 Å². The number of aryl methyl sites for hydroxylation is 2. The first-order valence-corrected chi connectivity index (χ1v) is 5.99. The molecule has 2 rings (SSSR count). The van der Waals surface area contributed by atoms with Crippen molar-refractivity contribution in [2.24, 2.45) is 7.05 Å². The molecule has 1 amide bonds. The maximum absolute atomic E-state index is 11.8. The first-order chi connectivity index (χ1) is 8.66. The Morgan fingerprint density at radius 2 is 2.06 bits per heavy atom. The summed E-state index contributed by atoms with van der Waals surface area (Å²) >= 11 is 0. The van der Waals surface area contributed by atoms with Gasteiger partial charge in [0.15, 0.2) is 0 Å². The molecule has 0 bridgehead atoms. The number of benzene rings is 1. The molecule has 4 heteroatoms. The third kappa shape index (κ3) is 2.97. The van der Waals surface area contributed by atoms with Crippen LogP contribution in [0.1, 0.15) is 17.7 Å². The van der Waals surface area contributed by atoms with Crippen LogP contribution in [-0.2, 0) is 18.3 Å². The van der Waals surface area contributed by atoms with E-state index in [1.165, 1.54) is 5.56 Å². The van der Waals surface area contributed by atoms with Crippen LogP contribution in [-0.4, -0.2) is 15.7 Å². The van der Waals surface area contributed by atoms with E-state index in [2.05, 4.69) is 10.4 Å². The minimum Gasteiger partial charge on any atom is -0.323 e. The SMILES string of the molecule is Cc1c(NC(=O)CCc2ccccc2)cnn1C. The number of amides is 1. The van der Waals surface area contributed by atoms with Gasteiger partial charge in [0, 0.05) is 13.5 Å². The zero-order valence-corrected chi connectivity index (χ0v) is 10.7. The van der Waals surface area contributed by atoms with Crippen molar-refractivity contribution < 1.29 is 4.79 Å². The number of carbonyl (C=O) groups excluding carboxylic acids is 1. The van der Waals surface area contributed by atoms with Gasteiger partial charge in [0.1, 0.15) is 0 Å². The highest BCUT2D eigenvalue weighted by atomic mass is 16.1. The normalized spacial score (nSPS) is 10.3. The number of carbonyl (C=O) groups is 1. The maximum Gasteiger partial charge on any atom is 0.224 e. The molecule has 1 aromatic carbocycles. The summed E-state index contributed by atoms with van der Waals surface area (Å²) < 4.78 is 1.74. The van der Waals surface area contributed by atoms with Crippen LogP contribution in [0.5, 0.6) is 0 Å². The molecule has 1 N–H and O–H groups in total. The van der Waals surface area contributed by atoms with Crippen molar-refractivity contribution in [1.29, 1.82) is 0 Å². The lowest BCUT2D eigenvalue weighted by Gasteiger charge is -2.04. The minimum atomic E-state index is 0.0231. The van der Waals surface area contributed by atoms with Crippen LogP contribution in [0, 0.1) is 6.92 Å². The van der Waals surface area contributed by atoms with Gasteiger partial charge in [0.25, 0.3) is 0 Å². The number of aromatic nitrogens is 2. The number of nitrogens with one attached hydrogen (secondary N) is 1. The molecular formula is C14H17N3O. The smallest absolute Gasteiger partial charge is 0.224 e. The molecule has 0 saturated heterocycles. The summed E-state index contributed by atoms with van der Waals surface area (Å²) in [7, 11) is 1.86. The Hall–Kier alpha value is -2.10. The average Bonchev–Trinajstić information content (AvgIpc) is 2.70. The molecule has 0 atom stereocenters. The minimum absolute atomic E-state index is 0.0231. The van der Waals surface area contributed by atoms with Crippen molar-refractivity contribution >= 4 is 11.6 Å². The summed E-state index contributed by atoms with van der Waals surface area (Å²) in [5.41, 5.74) is 2.93. The van der Waals surface area contributed by atoms with E-state index in [0.29, 0.717) is 6.42 Å². The molecule has 4 nitrogen and oxygen atoms in total. The fraction of sp³-hybridized carbons (Fsp3) is 0.286. The molecule has 0 unspecified atom stereocenters. The van der Waals surface area contributed by atoms with E-state index >= 15 is 0 Å². The lowest BCUT2D eigenvalue weighted by atomic mass is 10.1. The molecule has 94 valence electrons. The maximum atomic E-state index is 11.8. The van der Waals surface area contributed by atoms with Crippen LogP contribution in [0.3, 0.4) is 0 Å². The lowest BCUT2D eigenvalue weighted by Crippen LogP contribution is -2.12. The number of nitrogens with zero attached hydrogens (tertiary/aromatic N) is 2. The zero-order chi connectivity index (χ0) is 13.0. The average molecular weight is 243 g/mol. The van der Waals surface area contributed by atoms with Gasteiger partial charge in [-0.2, -0.15) is 5.10 Å². The van der Waals surface area contributed by atoms with Gasteiger partial charge in [0.2, 0.25) is 5.91 Å². The molecule has 0 fully saturated rings. The Kier molecular flexibility index (Phi) is 3.77. The van der Waals surface area contributed by atoms with Gasteiger partial charge < -0.3 is 5.32 Å². The van der Waals surface area contributed by atoms with E-state index in [9.17, 15) is 4.79 Å². The molecule has 0 aliphatic heterocycles. The van der Waals surface area contributed by atoms with Crippen LogP contribution in [0.4, 0.5) is 5.69 Å². The van der Waals surface area contributed by atoms with E-state index in [1.54, 1.807) is 10.9 Å². The second kappa shape index (κ2) is 5.49. The summed E-state index contributed by atoms with van der Waals surface area (Å²) in [6.45, 7) is 1.93. The zero-order valence-electron chi connectivity index (χ0n) is 10.7. The monoisotopic (exact) mass is 243 g/mol. The predicted octanol–water partition coefficient (Wildman–Crippen LogP) is 2.30. The predicted molar refractivity (Wildman–Crippen MR) is 71.3 cm³/mol. The Bertz CT molecular complexity index is 531. The number of hydrogen-bond donors (Lipinski definition) is 1. The van der Waals surface area contributed by atoms with Crippen molar-refractivity contribution in [3.05, 3.63) is 47.8 Å². The quantitative estimate of drug-likeness (QED) is 0.895. The Balaban J connectivity index is 1.88. The summed E-state index contributed by atoms with van der Waals surface area (Å²) in [6.07, 6.45) is 2.92. The third-order valence-corrected chi connectivity index (χ3v) is 2.99. The molecule has 1 heterocycles. The molecule has 0 radical (unpaired) electrons. The largest absolute Gasteiger partial charge is 0.323 e. The summed E-state index contributed by atoms with van der Waals surface area (Å²) in [6, 6.07) is 10.0. The molecule has 0 spiro atoms. The summed E-state index contributed by atoms with van der Waals surface area (Å²) in [5, 5.41) is 6.97. The number of hydrogen-bond acceptors (Lipinski definition) is 2. The first kappa shape index (κ1) is 12.4. The number of rotatable bonds is 4. The molecule has 0 saturated carbocycles. The van der Waals surface area contributed by atoms with Crippen LogP contribution < -0.4 is 5.32 Å². The van der Waals surface area contributed by atoms with E-state index < -0.39 is 0 Å². The summed E-state index contributed by atoms with van der Waals surface area (Å²) in [5.74, 6) is 0.0231. The van der Waals surface area contributed by atoms with Gasteiger partial charge in [-0.05, 0) is 18.9 Å². The van der Waals surface area contributed by atoms with Crippen molar-refractivity contribution in [2.75, 3.05) is 5.32 Å². The fourth-order valence-electron chi connectivity index (χ4n) is 1.74. The van der Waals surface area contributed by atoms with Gasteiger partial charge >= 0.3 is 0 Å². The second-order valence-corrected chi connectivity index (χ2v) is 4.30. The molecule has 0 aliphatic rings. The molecular weight excluding hydrogens is 226 g/mol. The lowest BCUT2D eigenvalue weighted by molar-refractivity contribution is -0.116. The molecule has 18 heavy (non-hydrogen) atoms. The standard InChI is InChI=1S/C14H17N3O/c1-11-13(10-15-17(11)2)16-14(18)9-8-12-6-4-3-5-7-12/h3-7,10H,8-9H2,1-2H3,(H,16,18). The Labute approximate surface area is 107 Å². The van der Waals surface area contributed by atoms with Crippen molar-refractivity contribution in [3.8, 4) is 0 Å². The van der Waals surface area contributed by atoms with Gasteiger partial charge in [-0.25, -0.2) is 0 Å². The van der Waals surface area contributed by atoms with Crippen LogP contribution in [0.2, 0.25) is 0 Å². The van der Waals surface area contributed by atoms with Crippen molar-refractivity contribution in [3.63, 3.8) is 0 Å². The summed E-state index contributed by atoms with van der Waals surface area (Å²) in [4.78, 5) is 11.8. The fourth-order valence-corrected chi connectivity index (χ4v) is 1.74. The van der Waals surface area contributed by atoms with Crippen LogP contribution in [0.15, 0.2) is 36.5 Å². The van der Waals surface area contributed by atoms with Gasteiger partial charge in [0.05, 0.1) is 17.6 Å². The van der Waals surface area contributed by atoms with Gasteiger partial charge in [-0.3, -0.25) is 9.48 Å². The van der Waals surface area contributed by atoms with Crippen LogP contribution >= 0.6 is 0 Å². The molecule has 1 aromatic heterocycles. The highest BCUT2D eigenvalue weighted by Gasteiger charge is 2.07. The van der Waals surface area contributed by atoms with Crippen molar-refractivity contribution in [1.82, 2.24) is 9.78 Å². The Morgan fingerprint density at radius 3 is 2.67 bits per heavy atom. The number of anilines is 1. The first-order valence-electron chi connectivity index (χ1n) is 5.99. The van der Waals surface area contributed by atoms with E-state index in [0.717, 1.165) is 17.8 Å². The Morgan fingerprint density at radius 1 is 1.33 bits per heavy atom. The molecule has 0 aliphatic carbocycles. The van der Waals surface area contributed by atoms with E-state index in [4.69, 9.17) is 0 Å².